The molecule has 0 aliphatic carbocycles. The summed E-state index contributed by atoms with van der Waals surface area (Å²) in [6.07, 6.45) is 1.35. The van der Waals surface area contributed by atoms with Crippen LogP contribution in [0.5, 0.6) is 0 Å². The molecule has 18 heavy (non-hydrogen) atoms. The topological polar surface area (TPSA) is 68.7 Å². The summed E-state index contributed by atoms with van der Waals surface area (Å²) in [7, 11) is 1.30. The zero-order valence-electron chi connectivity index (χ0n) is 10.1. The summed E-state index contributed by atoms with van der Waals surface area (Å²) in [4.78, 5) is 28.9. The summed E-state index contributed by atoms with van der Waals surface area (Å²) in [5, 5.41) is 0. The molecule has 0 bridgehead atoms. The first-order valence-electron chi connectivity index (χ1n) is 5.64. The van der Waals surface area contributed by atoms with Crippen LogP contribution in [0.1, 0.15) is 20.8 Å². The van der Waals surface area contributed by atoms with Crippen molar-refractivity contribution in [3.05, 3.63) is 29.6 Å². The fraction of sp³-hybridized carbons (Fsp3) is 0.417. The minimum absolute atomic E-state index is 0.144. The summed E-state index contributed by atoms with van der Waals surface area (Å²) in [6.45, 7) is 2.23. The second-order valence-electron chi connectivity index (χ2n) is 3.83. The van der Waals surface area contributed by atoms with E-state index in [1.54, 1.807) is 4.90 Å². The molecule has 1 aromatic rings. The van der Waals surface area contributed by atoms with Crippen LogP contribution in [0, 0.1) is 0 Å². The highest BCUT2D eigenvalue weighted by Gasteiger charge is 2.19. The molecule has 96 valence electrons. The molecule has 6 nitrogen and oxygen atoms in total. The lowest BCUT2D eigenvalue weighted by molar-refractivity contribution is 0.0299. The minimum Gasteiger partial charge on any atom is -0.465 e. The molecule has 1 aliphatic rings. The number of ether oxygens (including phenoxy) is 2. The van der Waals surface area contributed by atoms with Crippen molar-refractivity contribution >= 4 is 11.9 Å². The molecule has 0 aromatic carbocycles. The Kier molecular flexibility index (Phi) is 3.88. The van der Waals surface area contributed by atoms with Gasteiger partial charge in [0.2, 0.25) is 0 Å². The second-order valence-corrected chi connectivity index (χ2v) is 3.83. The lowest BCUT2D eigenvalue weighted by atomic mass is 10.2. The maximum atomic E-state index is 12.0. The first kappa shape index (κ1) is 12.5. The van der Waals surface area contributed by atoms with Crippen molar-refractivity contribution in [2.45, 2.75) is 0 Å². The van der Waals surface area contributed by atoms with E-state index >= 15 is 0 Å². The molecule has 6 heteroatoms. The van der Waals surface area contributed by atoms with Crippen LogP contribution in [0.4, 0.5) is 0 Å². The van der Waals surface area contributed by atoms with Crippen molar-refractivity contribution in [3.63, 3.8) is 0 Å². The van der Waals surface area contributed by atoms with Gasteiger partial charge in [0, 0.05) is 19.3 Å². The molecule has 0 saturated carbocycles. The Hall–Kier alpha value is -1.95. The predicted octanol–water partition coefficient (Wildman–Crippen LogP) is 0.341. The monoisotopic (exact) mass is 250 g/mol. The fourth-order valence-electron chi connectivity index (χ4n) is 1.69. The van der Waals surface area contributed by atoms with E-state index in [0.29, 0.717) is 37.6 Å². The molecule has 0 N–H and O–H groups in total. The van der Waals surface area contributed by atoms with Gasteiger partial charge in [-0.1, -0.05) is 0 Å². The second kappa shape index (κ2) is 5.59. The number of aromatic nitrogens is 1. The Morgan fingerprint density at radius 3 is 2.61 bits per heavy atom. The number of amides is 1. The number of rotatable bonds is 2. The van der Waals surface area contributed by atoms with E-state index in [-0.39, 0.29) is 5.91 Å². The number of hydrogen-bond donors (Lipinski definition) is 0. The number of hydrogen-bond acceptors (Lipinski definition) is 5. The molecule has 1 aromatic heterocycles. The van der Waals surface area contributed by atoms with Crippen LogP contribution in [0.3, 0.4) is 0 Å². The van der Waals surface area contributed by atoms with E-state index < -0.39 is 5.97 Å². The first-order chi connectivity index (χ1) is 8.72. The SMILES string of the molecule is COC(=O)c1ccc(C(=O)N2CCOCC2)nc1. The third-order valence-electron chi connectivity index (χ3n) is 2.70. The third kappa shape index (κ3) is 2.65. The maximum absolute atomic E-state index is 12.0. The third-order valence-corrected chi connectivity index (χ3v) is 2.70. The van der Waals surface area contributed by atoms with Crippen LogP contribution < -0.4 is 0 Å². The summed E-state index contributed by atoms with van der Waals surface area (Å²) >= 11 is 0. The molecule has 2 rings (SSSR count). The number of carbonyl (C=O) groups excluding carboxylic acids is 2. The fourth-order valence-corrected chi connectivity index (χ4v) is 1.69. The van der Waals surface area contributed by atoms with E-state index in [2.05, 4.69) is 9.72 Å². The van der Waals surface area contributed by atoms with Crippen molar-refractivity contribution in [3.8, 4) is 0 Å². The molecule has 0 radical (unpaired) electrons. The van der Waals surface area contributed by atoms with Gasteiger partial charge in [-0.3, -0.25) is 9.78 Å². The standard InChI is InChI=1S/C12H14N2O4/c1-17-12(16)9-2-3-10(13-8-9)11(15)14-4-6-18-7-5-14/h2-3,8H,4-7H2,1H3. The Morgan fingerprint density at radius 2 is 2.06 bits per heavy atom. The lowest BCUT2D eigenvalue weighted by Gasteiger charge is -2.26. The molecular weight excluding hydrogens is 236 g/mol. The Bertz CT molecular complexity index is 438. The number of methoxy groups -OCH3 is 1. The highest BCUT2D eigenvalue weighted by molar-refractivity contribution is 5.94. The summed E-state index contributed by atoms with van der Waals surface area (Å²) in [6, 6.07) is 3.07. The van der Waals surface area contributed by atoms with Crippen molar-refractivity contribution in [2.75, 3.05) is 33.4 Å². The van der Waals surface area contributed by atoms with Gasteiger partial charge < -0.3 is 14.4 Å². The number of morpholine rings is 1. The van der Waals surface area contributed by atoms with Crippen LogP contribution in [0.2, 0.25) is 0 Å². The molecule has 1 amide bonds. The molecule has 2 heterocycles. The van der Waals surface area contributed by atoms with Gasteiger partial charge in [0.25, 0.3) is 5.91 Å². The Labute approximate surface area is 105 Å². The zero-order chi connectivity index (χ0) is 13.0. The highest BCUT2D eigenvalue weighted by Crippen LogP contribution is 2.07. The van der Waals surface area contributed by atoms with Crippen LogP contribution >= 0.6 is 0 Å². The summed E-state index contributed by atoms with van der Waals surface area (Å²) in [5.74, 6) is -0.609. The van der Waals surface area contributed by atoms with Gasteiger partial charge in [0.15, 0.2) is 0 Å². The van der Waals surface area contributed by atoms with Gasteiger partial charge in [0.05, 0.1) is 25.9 Å². The average molecular weight is 250 g/mol. The summed E-state index contributed by atoms with van der Waals surface area (Å²) in [5.41, 5.74) is 0.653. The first-order valence-corrected chi connectivity index (χ1v) is 5.64. The van der Waals surface area contributed by atoms with Gasteiger partial charge in [0.1, 0.15) is 5.69 Å². The average Bonchev–Trinajstić information content (AvgIpc) is 2.47. The van der Waals surface area contributed by atoms with Crippen molar-refractivity contribution < 1.29 is 19.1 Å². The van der Waals surface area contributed by atoms with Gasteiger partial charge in [-0.05, 0) is 12.1 Å². The van der Waals surface area contributed by atoms with Crippen LogP contribution in [-0.2, 0) is 9.47 Å². The molecular formula is C12H14N2O4. The molecule has 1 fully saturated rings. The number of nitrogens with zero attached hydrogens (tertiary/aromatic N) is 2. The van der Waals surface area contributed by atoms with Crippen LogP contribution in [0.25, 0.3) is 0 Å². The molecule has 1 saturated heterocycles. The molecule has 0 spiro atoms. The van der Waals surface area contributed by atoms with Gasteiger partial charge in [-0.15, -0.1) is 0 Å². The molecule has 0 atom stereocenters. The lowest BCUT2D eigenvalue weighted by Crippen LogP contribution is -2.41. The highest BCUT2D eigenvalue weighted by atomic mass is 16.5. The van der Waals surface area contributed by atoms with E-state index in [4.69, 9.17) is 4.74 Å². The maximum Gasteiger partial charge on any atom is 0.339 e. The smallest absolute Gasteiger partial charge is 0.339 e. The van der Waals surface area contributed by atoms with Gasteiger partial charge >= 0.3 is 5.97 Å². The van der Waals surface area contributed by atoms with E-state index in [1.165, 1.54) is 25.4 Å². The quantitative estimate of drug-likeness (QED) is 0.708. The number of esters is 1. The number of pyridine rings is 1. The van der Waals surface area contributed by atoms with Crippen molar-refractivity contribution in [1.29, 1.82) is 0 Å². The van der Waals surface area contributed by atoms with Crippen molar-refractivity contribution in [2.24, 2.45) is 0 Å². The predicted molar refractivity (Wildman–Crippen MR) is 62.3 cm³/mol. The van der Waals surface area contributed by atoms with E-state index in [1.807, 2.05) is 0 Å². The van der Waals surface area contributed by atoms with E-state index in [0.717, 1.165) is 0 Å². The minimum atomic E-state index is -0.465. The van der Waals surface area contributed by atoms with Crippen LogP contribution in [-0.4, -0.2) is 55.2 Å². The summed E-state index contributed by atoms with van der Waals surface area (Å²) < 4.78 is 9.74. The van der Waals surface area contributed by atoms with Gasteiger partial charge in [-0.2, -0.15) is 0 Å². The number of carbonyl (C=O) groups is 2. The Balaban J connectivity index is 2.08. The van der Waals surface area contributed by atoms with Crippen LogP contribution in [0.15, 0.2) is 18.3 Å². The normalized spacial score (nSPS) is 15.3. The molecule has 0 unspecified atom stereocenters. The largest absolute Gasteiger partial charge is 0.465 e. The van der Waals surface area contributed by atoms with E-state index in [9.17, 15) is 9.59 Å². The van der Waals surface area contributed by atoms with Gasteiger partial charge in [-0.25, -0.2) is 4.79 Å². The van der Waals surface area contributed by atoms with Crippen molar-refractivity contribution in [1.82, 2.24) is 9.88 Å². The Morgan fingerprint density at radius 1 is 1.33 bits per heavy atom. The zero-order valence-corrected chi connectivity index (χ0v) is 10.1. The molecule has 1 aliphatic heterocycles.